The molecule has 1 aromatic rings. The fraction of sp³-hybridized carbons (Fsp3) is 0.500. The van der Waals surface area contributed by atoms with Gasteiger partial charge in [0.1, 0.15) is 0 Å². The van der Waals surface area contributed by atoms with Crippen molar-refractivity contribution >= 4 is 5.91 Å². The topological polar surface area (TPSA) is 55.1 Å². The Kier molecular flexibility index (Phi) is 3.79. The van der Waals surface area contributed by atoms with E-state index in [0.29, 0.717) is 12.1 Å². The summed E-state index contributed by atoms with van der Waals surface area (Å²) in [6, 6.07) is 7.74. The highest BCUT2D eigenvalue weighted by molar-refractivity contribution is 5.94. The van der Waals surface area contributed by atoms with Gasteiger partial charge in [-0.15, -0.1) is 0 Å². The molecule has 1 saturated carbocycles. The molecule has 0 saturated heterocycles. The zero-order valence-corrected chi connectivity index (χ0v) is 10.3. The highest BCUT2D eigenvalue weighted by Gasteiger charge is 2.24. The van der Waals surface area contributed by atoms with Gasteiger partial charge in [-0.25, -0.2) is 0 Å². The van der Waals surface area contributed by atoms with Crippen LogP contribution in [0.1, 0.15) is 42.1 Å². The Morgan fingerprint density at radius 2 is 2.06 bits per heavy atom. The lowest BCUT2D eigenvalue weighted by molar-refractivity contribution is 0.0937. The molecule has 3 nitrogen and oxygen atoms in total. The van der Waals surface area contributed by atoms with E-state index in [1.807, 2.05) is 24.3 Å². The number of carbonyl (C=O) groups excluding carboxylic acids is 1. The van der Waals surface area contributed by atoms with E-state index in [4.69, 9.17) is 5.73 Å². The smallest absolute Gasteiger partial charge is 0.251 e. The average molecular weight is 232 g/mol. The molecule has 2 rings (SSSR count). The van der Waals surface area contributed by atoms with E-state index < -0.39 is 0 Å². The maximum absolute atomic E-state index is 11.9. The van der Waals surface area contributed by atoms with E-state index >= 15 is 0 Å². The first-order valence-corrected chi connectivity index (χ1v) is 6.29. The van der Waals surface area contributed by atoms with Gasteiger partial charge in [0.2, 0.25) is 0 Å². The Balaban J connectivity index is 1.88. The Bertz CT molecular complexity index is 382. The predicted molar refractivity (Wildman–Crippen MR) is 68.6 cm³/mol. The van der Waals surface area contributed by atoms with Crippen LogP contribution in [0.5, 0.6) is 0 Å². The van der Waals surface area contributed by atoms with Gasteiger partial charge in [-0.3, -0.25) is 4.79 Å². The van der Waals surface area contributed by atoms with E-state index in [1.165, 1.54) is 12.8 Å². The first-order valence-electron chi connectivity index (χ1n) is 6.29. The van der Waals surface area contributed by atoms with Gasteiger partial charge in [0.15, 0.2) is 0 Å². The van der Waals surface area contributed by atoms with Crippen LogP contribution < -0.4 is 11.1 Å². The summed E-state index contributed by atoms with van der Waals surface area (Å²) >= 11 is 0. The number of rotatable bonds is 5. The summed E-state index contributed by atoms with van der Waals surface area (Å²) in [5, 5.41) is 3.03. The Morgan fingerprint density at radius 3 is 2.59 bits per heavy atom. The summed E-state index contributed by atoms with van der Waals surface area (Å²) in [5.41, 5.74) is 7.28. The second-order valence-corrected chi connectivity index (χ2v) is 4.95. The maximum Gasteiger partial charge on any atom is 0.251 e. The monoisotopic (exact) mass is 232 g/mol. The minimum Gasteiger partial charge on any atom is -0.350 e. The molecule has 1 unspecified atom stereocenters. The number of amides is 1. The lowest BCUT2D eigenvalue weighted by Gasteiger charge is -2.13. The minimum atomic E-state index is 0.0155. The normalized spacial score (nSPS) is 16.6. The molecule has 1 aliphatic rings. The van der Waals surface area contributed by atoms with Gasteiger partial charge in [0.05, 0.1) is 0 Å². The molecule has 1 fully saturated rings. The van der Waals surface area contributed by atoms with E-state index in [-0.39, 0.29) is 11.9 Å². The molecular formula is C14H20N2O. The summed E-state index contributed by atoms with van der Waals surface area (Å²) in [7, 11) is 0. The third-order valence-electron chi connectivity index (χ3n) is 3.21. The van der Waals surface area contributed by atoms with Crippen LogP contribution in [0.15, 0.2) is 24.3 Å². The van der Waals surface area contributed by atoms with Crippen molar-refractivity contribution in [1.29, 1.82) is 0 Å². The van der Waals surface area contributed by atoms with Crippen molar-refractivity contribution in [3.63, 3.8) is 0 Å². The molecule has 0 spiro atoms. The maximum atomic E-state index is 11.9. The van der Waals surface area contributed by atoms with Crippen molar-refractivity contribution in [3.05, 3.63) is 35.4 Å². The van der Waals surface area contributed by atoms with Gasteiger partial charge in [-0.2, -0.15) is 0 Å². The third kappa shape index (κ3) is 3.56. The minimum absolute atomic E-state index is 0.0155. The van der Waals surface area contributed by atoms with Crippen LogP contribution in [0.3, 0.4) is 0 Å². The average Bonchev–Trinajstić information content (AvgIpc) is 3.12. The Morgan fingerprint density at radius 1 is 1.41 bits per heavy atom. The number of nitrogens with two attached hydrogens (primary N) is 1. The molecule has 1 atom stereocenters. The molecule has 92 valence electrons. The van der Waals surface area contributed by atoms with Crippen molar-refractivity contribution in [3.8, 4) is 0 Å². The van der Waals surface area contributed by atoms with Crippen LogP contribution in [0.2, 0.25) is 0 Å². The Labute approximate surface area is 102 Å². The Hall–Kier alpha value is -1.35. The summed E-state index contributed by atoms with van der Waals surface area (Å²) in [6.07, 6.45) is 3.75. The van der Waals surface area contributed by atoms with Crippen LogP contribution >= 0.6 is 0 Å². The quantitative estimate of drug-likeness (QED) is 0.816. The molecule has 1 aromatic carbocycles. The van der Waals surface area contributed by atoms with E-state index in [1.54, 1.807) is 0 Å². The van der Waals surface area contributed by atoms with Gasteiger partial charge >= 0.3 is 0 Å². The van der Waals surface area contributed by atoms with E-state index in [2.05, 4.69) is 12.2 Å². The highest BCUT2D eigenvalue weighted by Crippen LogP contribution is 2.33. The summed E-state index contributed by atoms with van der Waals surface area (Å²) < 4.78 is 0. The summed E-state index contributed by atoms with van der Waals surface area (Å²) in [4.78, 5) is 11.9. The molecular weight excluding hydrogens is 212 g/mol. The number of hydrogen-bond acceptors (Lipinski definition) is 2. The van der Waals surface area contributed by atoms with Crippen LogP contribution in [0, 0.1) is 5.92 Å². The van der Waals surface area contributed by atoms with Gasteiger partial charge in [-0.05, 0) is 37.0 Å². The second-order valence-electron chi connectivity index (χ2n) is 4.95. The van der Waals surface area contributed by atoms with Crippen molar-refractivity contribution < 1.29 is 4.79 Å². The standard InChI is InChI=1S/C14H20N2O/c1-10(8-11-2-3-11)16-14(17)13-6-4-12(9-15)5-7-13/h4-7,10-11H,2-3,8-9,15H2,1H3,(H,16,17). The number of hydrogen-bond donors (Lipinski definition) is 2. The van der Waals surface area contributed by atoms with Gasteiger partial charge in [0.25, 0.3) is 5.91 Å². The van der Waals surface area contributed by atoms with Gasteiger partial charge < -0.3 is 11.1 Å². The van der Waals surface area contributed by atoms with E-state index in [0.717, 1.165) is 17.9 Å². The third-order valence-corrected chi connectivity index (χ3v) is 3.21. The van der Waals surface area contributed by atoms with Crippen LogP contribution in [0.25, 0.3) is 0 Å². The molecule has 3 N–H and O–H groups in total. The van der Waals surface area contributed by atoms with Crippen molar-refractivity contribution in [1.82, 2.24) is 5.32 Å². The molecule has 0 heterocycles. The van der Waals surface area contributed by atoms with Crippen molar-refractivity contribution in [2.24, 2.45) is 11.7 Å². The number of nitrogens with one attached hydrogen (secondary N) is 1. The predicted octanol–water partition coefficient (Wildman–Crippen LogP) is 2.06. The molecule has 1 amide bonds. The van der Waals surface area contributed by atoms with Crippen LogP contribution in [0.4, 0.5) is 0 Å². The van der Waals surface area contributed by atoms with Crippen molar-refractivity contribution in [2.75, 3.05) is 0 Å². The largest absolute Gasteiger partial charge is 0.350 e. The van der Waals surface area contributed by atoms with Crippen molar-refractivity contribution in [2.45, 2.75) is 38.8 Å². The summed E-state index contributed by atoms with van der Waals surface area (Å²) in [6.45, 7) is 2.59. The molecule has 17 heavy (non-hydrogen) atoms. The second kappa shape index (κ2) is 5.32. The van der Waals surface area contributed by atoms with Crippen LogP contribution in [-0.2, 0) is 6.54 Å². The number of carbonyl (C=O) groups is 1. The van der Waals surface area contributed by atoms with Gasteiger partial charge in [-0.1, -0.05) is 25.0 Å². The molecule has 0 radical (unpaired) electrons. The number of benzene rings is 1. The molecule has 3 heteroatoms. The van der Waals surface area contributed by atoms with Gasteiger partial charge in [0, 0.05) is 18.2 Å². The lowest BCUT2D eigenvalue weighted by atomic mass is 10.1. The molecule has 0 bridgehead atoms. The highest BCUT2D eigenvalue weighted by atomic mass is 16.1. The van der Waals surface area contributed by atoms with Crippen LogP contribution in [-0.4, -0.2) is 11.9 Å². The first kappa shape index (κ1) is 12.1. The lowest BCUT2D eigenvalue weighted by Crippen LogP contribution is -2.32. The van der Waals surface area contributed by atoms with E-state index in [9.17, 15) is 4.79 Å². The first-order chi connectivity index (χ1) is 8.19. The zero-order chi connectivity index (χ0) is 12.3. The fourth-order valence-corrected chi connectivity index (χ4v) is 2.01. The summed E-state index contributed by atoms with van der Waals surface area (Å²) in [5.74, 6) is 0.853. The molecule has 1 aliphatic carbocycles. The fourth-order valence-electron chi connectivity index (χ4n) is 2.01. The molecule has 0 aliphatic heterocycles. The zero-order valence-electron chi connectivity index (χ0n) is 10.3. The molecule has 0 aromatic heterocycles. The SMILES string of the molecule is CC(CC1CC1)NC(=O)c1ccc(CN)cc1.